The van der Waals surface area contributed by atoms with E-state index in [9.17, 15) is 0 Å². The predicted molar refractivity (Wildman–Crippen MR) is 94.0 cm³/mol. The molecule has 0 radical (unpaired) electrons. The van der Waals surface area contributed by atoms with Gasteiger partial charge in [0.05, 0.1) is 31.3 Å². The zero-order valence-corrected chi connectivity index (χ0v) is 14.6. The van der Waals surface area contributed by atoms with Crippen LogP contribution in [-0.2, 0) is 22.6 Å². The van der Waals surface area contributed by atoms with Crippen molar-refractivity contribution >= 4 is 0 Å². The van der Waals surface area contributed by atoms with Gasteiger partial charge in [0.25, 0.3) is 0 Å². The van der Waals surface area contributed by atoms with Gasteiger partial charge in [-0.05, 0) is 36.5 Å². The van der Waals surface area contributed by atoms with Crippen LogP contribution in [0.15, 0.2) is 37.1 Å². The van der Waals surface area contributed by atoms with Crippen LogP contribution in [0.2, 0.25) is 0 Å². The lowest BCUT2D eigenvalue weighted by Gasteiger charge is -2.37. The maximum absolute atomic E-state index is 6.00. The van der Waals surface area contributed by atoms with E-state index in [-0.39, 0.29) is 0 Å². The molecule has 1 fully saturated rings. The van der Waals surface area contributed by atoms with Crippen molar-refractivity contribution in [2.24, 2.45) is 5.92 Å². The van der Waals surface area contributed by atoms with Gasteiger partial charge in [-0.15, -0.1) is 0 Å². The number of hydrogen-bond acceptors (Lipinski definition) is 5. The van der Waals surface area contributed by atoms with Gasteiger partial charge in [0.2, 0.25) is 0 Å². The average molecular weight is 342 g/mol. The second-order valence-electron chi connectivity index (χ2n) is 7.07. The average Bonchev–Trinajstić information content (AvgIpc) is 3.12. The molecule has 0 N–H and O–H groups in total. The Morgan fingerprint density at radius 1 is 1.16 bits per heavy atom. The Kier molecular flexibility index (Phi) is 5.40. The first-order valence-electron chi connectivity index (χ1n) is 9.16. The summed E-state index contributed by atoms with van der Waals surface area (Å²) in [5, 5.41) is 0. The standard InChI is InChI=1S/C19H26N4O2/c1-5-20-6-2-17(1)13-25-14-19-12-22(10-16-3-7-24-8-4-16)11-18-9-21-15-23(18)19/h1-2,5-6,9,15-16,19H,3-4,7-8,10-14H2/t19-/m0/s1. The number of ether oxygens (including phenoxy) is 2. The highest BCUT2D eigenvalue weighted by Gasteiger charge is 2.27. The maximum atomic E-state index is 6.00. The molecule has 4 heterocycles. The van der Waals surface area contributed by atoms with Crippen LogP contribution < -0.4 is 0 Å². The molecule has 0 unspecified atom stereocenters. The topological polar surface area (TPSA) is 52.4 Å². The Morgan fingerprint density at radius 2 is 2.00 bits per heavy atom. The first kappa shape index (κ1) is 16.7. The Bertz CT molecular complexity index is 654. The molecule has 25 heavy (non-hydrogen) atoms. The summed E-state index contributed by atoms with van der Waals surface area (Å²) >= 11 is 0. The number of rotatable bonds is 6. The Balaban J connectivity index is 1.35. The van der Waals surface area contributed by atoms with Gasteiger partial charge in [-0.2, -0.15) is 0 Å². The van der Waals surface area contributed by atoms with Crippen LogP contribution in [0.1, 0.15) is 30.1 Å². The molecular formula is C19H26N4O2. The minimum atomic E-state index is 0.327. The minimum absolute atomic E-state index is 0.327. The summed E-state index contributed by atoms with van der Waals surface area (Å²) in [7, 11) is 0. The van der Waals surface area contributed by atoms with E-state index >= 15 is 0 Å². The van der Waals surface area contributed by atoms with Crippen molar-refractivity contribution in [3.05, 3.63) is 48.3 Å². The number of imidazole rings is 1. The highest BCUT2D eigenvalue weighted by molar-refractivity contribution is 5.08. The summed E-state index contributed by atoms with van der Waals surface area (Å²) in [6, 6.07) is 4.33. The van der Waals surface area contributed by atoms with Crippen LogP contribution in [-0.4, -0.2) is 52.3 Å². The second-order valence-corrected chi connectivity index (χ2v) is 7.07. The van der Waals surface area contributed by atoms with E-state index in [4.69, 9.17) is 9.47 Å². The van der Waals surface area contributed by atoms with E-state index in [0.717, 1.165) is 44.3 Å². The van der Waals surface area contributed by atoms with Crippen LogP contribution in [0.25, 0.3) is 0 Å². The lowest BCUT2D eigenvalue weighted by atomic mass is 9.99. The minimum Gasteiger partial charge on any atom is -0.381 e. The molecule has 0 bridgehead atoms. The van der Waals surface area contributed by atoms with E-state index in [2.05, 4.69) is 19.4 Å². The van der Waals surface area contributed by atoms with Gasteiger partial charge in [0.15, 0.2) is 0 Å². The van der Waals surface area contributed by atoms with Crippen molar-refractivity contribution in [2.45, 2.75) is 32.0 Å². The number of nitrogens with zero attached hydrogens (tertiary/aromatic N) is 4. The van der Waals surface area contributed by atoms with Gasteiger partial charge in [0.1, 0.15) is 0 Å². The Labute approximate surface area is 148 Å². The van der Waals surface area contributed by atoms with E-state index in [1.807, 2.05) is 37.1 Å². The highest BCUT2D eigenvalue weighted by atomic mass is 16.5. The molecule has 2 aliphatic heterocycles. The molecule has 0 amide bonds. The molecular weight excluding hydrogens is 316 g/mol. The molecule has 6 heteroatoms. The van der Waals surface area contributed by atoms with Gasteiger partial charge < -0.3 is 14.0 Å². The lowest BCUT2D eigenvalue weighted by molar-refractivity contribution is 0.0313. The van der Waals surface area contributed by atoms with Crippen LogP contribution in [0.3, 0.4) is 0 Å². The quantitative estimate of drug-likeness (QED) is 0.806. The summed E-state index contributed by atoms with van der Waals surface area (Å²) in [5.41, 5.74) is 2.45. The maximum Gasteiger partial charge on any atom is 0.0952 e. The zero-order chi connectivity index (χ0) is 16.9. The van der Waals surface area contributed by atoms with Crippen molar-refractivity contribution in [1.29, 1.82) is 0 Å². The summed E-state index contributed by atoms with van der Waals surface area (Å²) in [6.45, 7) is 6.31. The fraction of sp³-hybridized carbons (Fsp3) is 0.579. The van der Waals surface area contributed by atoms with Crippen LogP contribution >= 0.6 is 0 Å². The SMILES string of the molecule is c1cc(COC[C@@H]2CN(CC3CCOCC3)Cc3cncn32)ccn1. The van der Waals surface area contributed by atoms with Gasteiger partial charge in [0, 0.05) is 51.4 Å². The smallest absolute Gasteiger partial charge is 0.0952 e. The zero-order valence-electron chi connectivity index (χ0n) is 14.6. The molecule has 4 rings (SSSR count). The van der Waals surface area contributed by atoms with Crippen molar-refractivity contribution in [1.82, 2.24) is 19.4 Å². The summed E-state index contributed by atoms with van der Waals surface area (Å²) in [5.74, 6) is 0.751. The molecule has 2 aromatic rings. The molecule has 0 spiro atoms. The molecule has 1 atom stereocenters. The monoisotopic (exact) mass is 342 g/mol. The van der Waals surface area contributed by atoms with Crippen molar-refractivity contribution in [2.75, 3.05) is 32.9 Å². The van der Waals surface area contributed by atoms with Crippen molar-refractivity contribution in [3.8, 4) is 0 Å². The fourth-order valence-electron chi connectivity index (χ4n) is 3.82. The first-order valence-corrected chi connectivity index (χ1v) is 9.16. The fourth-order valence-corrected chi connectivity index (χ4v) is 3.82. The molecule has 6 nitrogen and oxygen atoms in total. The summed E-state index contributed by atoms with van der Waals surface area (Å²) in [6.07, 6.45) is 9.91. The molecule has 2 aliphatic rings. The van der Waals surface area contributed by atoms with Gasteiger partial charge in [-0.25, -0.2) is 4.98 Å². The molecule has 0 saturated carbocycles. The Morgan fingerprint density at radius 3 is 2.84 bits per heavy atom. The Hall–Kier alpha value is -1.76. The highest BCUT2D eigenvalue weighted by Crippen LogP contribution is 2.24. The summed E-state index contributed by atoms with van der Waals surface area (Å²) < 4.78 is 13.8. The van der Waals surface area contributed by atoms with Crippen molar-refractivity contribution < 1.29 is 9.47 Å². The number of aromatic nitrogens is 3. The molecule has 1 saturated heterocycles. The third-order valence-electron chi connectivity index (χ3n) is 5.18. The van der Waals surface area contributed by atoms with E-state index in [1.165, 1.54) is 18.5 Å². The van der Waals surface area contributed by atoms with Crippen LogP contribution in [0.4, 0.5) is 0 Å². The number of hydrogen-bond donors (Lipinski definition) is 0. The van der Waals surface area contributed by atoms with Gasteiger partial charge >= 0.3 is 0 Å². The normalized spacial score (nSPS) is 22.0. The second kappa shape index (κ2) is 8.08. The number of pyridine rings is 1. The van der Waals surface area contributed by atoms with Gasteiger partial charge in [-0.1, -0.05) is 0 Å². The van der Waals surface area contributed by atoms with Gasteiger partial charge in [-0.3, -0.25) is 9.88 Å². The third-order valence-corrected chi connectivity index (χ3v) is 5.18. The lowest BCUT2D eigenvalue weighted by Crippen LogP contribution is -2.41. The van der Waals surface area contributed by atoms with E-state index in [0.29, 0.717) is 19.3 Å². The van der Waals surface area contributed by atoms with Crippen LogP contribution in [0.5, 0.6) is 0 Å². The molecule has 134 valence electrons. The van der Waals surface area contributed by atoms with E-state index in [1.54, 1.807) is 0 Å². The van der Waals surface area contributed by atoms with E-state index < -0.39 is 0 Å². The van der Waals surface area contributed by atoms with Crippen LogP contribution in [0, 0.1) is 5.92 Å². The largest absolute Gasteiger partial charge is 0.381 e. The molecule has 2 aromatic heterocycles. The summed E-state index contributed by atoms with van der Waals surface area (Å²) in [4.78, 5) is 11.0. The number of fused-ring (bicyclic) bond motifs is 1. The first-order chi connectivity index (χ1) is 12.4. The molecule has 0 aliphatic carbocycles. The molecule has 0 aromatic carbocycles. The predicted octanol–water partition coefficient (Wildman–Crippen LogP) is 2.28. The third kappa shape index (κ3) is 4.26. The van der Waals surface area contributed by atoms with Crippen molar-refractivity contribution in [3.63, 3.8) is 0 Å².